The number of benzene rings is 3. The van der Waals surface area contributed by atoms with E-state index in [1.165, 1.54) is 6.33 Å². The Kier molecular flexibility index (Phi) is 14.6. The lowest BCUT2D eigenvalue weighted by molar-refractivity contribution is -0.191. The number of methoxy groups -OCH3 is 1. The monoisotopic (exact) mass is 960 g/mol. The van der Waals surface area contributed by atoms with Crippen molar-refractivity contribution in [3.8, 4) is 5.75 Å². The quantitative estimate of drug-likeness (QED) is 0.0364. The molecule has 0 saturated carbocycles. The highest BCUT2D eigenvalue weighted by Crippen LogP contribution is 2.46. The highest BCUT2D eigenvalue weighted by Gasteiger charge is 2.56. The molecule has 2 fully saturated rings. The molecule has 2 aliphatic heterocycles. The minimum absolute atomic E-state index is 0.100. The number of anilines is 1. The summed E-state index contributed by atoms with van der Waals surface area (Å²) >= 11 is 0. The lowest BCUT2D eigenvalue weighted by Crippen LogP contribution is -2.53. The number of rotatable bonds is 14. The van der Waals surface area contributed by atoms with Gasteiger partial charge in [-0.3, -0.25) is 9.36 Å². The van der Waals surface area contributed by atoms with Gasteiger partial charge in [-0.25, -0.2) is 29.3 Å². The Hall–Kier alpha value is -6.69. The maximum absolute atomic E-state index is 14.0. The first-order chi connectivity index (χ1) is 32.9. The summed E-state index contributed by atoms with van der Waals surface area (Å²) in [6.07, 6.45) is -0.372. The van der Waals surface area contributed by atoms with E-state index < -0.39 is 76.9 Å². The Balaban J connectivity index is 1.24. The zero-order valence-corrected chi connectivity index (χ0v) is 41.9. The van der Waals surface area contributed by atoms with Crippen LogP contribution in [0, 0.1) is 0 Å². The standard InChI is InChI=1S/C53H64N6O11/c1-49(2,3)68-46(61)38(59(47(62)69-50(4,5)6)48(63)70-51(7,8)9)28-23-33(30-60)29-39-41-42(67-52(10,11)66-41)45(65-39)58-32-56-40-43(54-31-55-44(40)58)57-53(34-19-15-13-16-20-34,35-21-17-14-18-22-35)36-24-26-37(64-12)27-25-36/h13-22,24-27,29-32,38-39,41-42,45H,23,28H2,1-12H3,(H,54,55,57)/b33-29-/t38?,39-,41-,42-,45-/m1/s1. The molecule has 5 atom stereocenters. The fourth-order valence-corrected chi connectivity index (χ4v) is 8.58. The van der Waals surface area contributed by atoms with Gasteiger partial charge in [0.05, 0.1) is 13.4 Å². The van der Waals surface area contributed by atoms with Crippen LogP contribution in [0.25, 0.3) is 11.2 Å². The van der Waals surface area contributed by atoms with Crippen molar-refractivity contribution < 1.29 is 52.3 Å². The smallest absolute Gasteiger partial charge is 0.420 e. The Morgan fingerprint density at radius 1 is 0.757 bits per heavy atom. The van der Waals surface area contributed by atoms with Crippen LogP contribution in [0.3, 0.4) is 0 Å². The molecule has 5 aromatic rings. The summed E-state index contributed by atoms with van der Waals surface area (Å²) in [5.41, 5.74) is -0.161. The minimum atomic E-state index is -1.55. The van der Waals surface area contributed by atoms with E-state index in [0.29, 0.717) is 33.9 Å². The Morgan fingerprint density at radius 2 is 1.30 bits per heavy atom. The molecule has 0 radical (unpaired) electrons. The van der Waals surface area contributed by atoms with Crippen LogP contribution in [-0.4, -0.2) is 103 Å². The van der Waals surface area contributed by atoms with E-state index in [4.69, 9.17) is 48.1 Å². The van der Waals surface area contributed by atoms with E-state index in [9.17, 15) is 19.2 Å². The molecular formula is C53H64N6O11. The third-order valence-electron chi connectivity index (χ3n) is 11.3. The molecule has 0 aliphatic carbocycles. The van der Waals surface area contributed by atoms with Crippen molar-refractivity contribution in [2.75, 3.05) is 12.4 Å². The molecule has 1 N–H and O–H groups in total. The van der Waals surface area contributed by atoms with Crippen molar-refractivity contribution in [1.29, 1.82) is 0 Å². The summed E-state index contributed by atoms with van der Waals surface area (Å²) in [5, 5.41) is 3.81. The highest BCUT2D eigenvalue weighted by molar-refractivity contribution is 5.94. The molecule has 2 aromatic heterocycles. The first-order valence-corrected chi connectivity index (χ1v) is 23.3. The number of aldehydes is 1. The van der Waals surface area contributed by atoms with Gasteiger partial charge in [-0.05, 0) is 129 Å². The molecule has 2 amide bonds. The fourth-order valence-electron chi connectivity index (χ4n) is 8.58. The molecule has 7 rings (SSSR count). The first-order valence-electron chi connectivity index (χ1n) is 23.3. The fraction of sp³-hybridized carbons (Fsp3) is 0.453. The summed E-state index contributed by atoms with van der Waals surface area (Å²) in [4.78, 5) is 69.4. The second-order valence-electron chi connectivity index (χ2n) is 20.7. The second kappa shape index (κ2) is 20.0. The first kappa shape index (κ1) is 51.2. The number of hydrogen-bond donors (Lipinski definition) is 1. The molecule has 70 heavy (non-hydrogen) atoms. The summed E-state index contributed by atoms with van der Waals surface area (Å²) in [5.74, 6) is -0.788. The normalized spacial score (nSPS) is 19.7. The van der Waals surface area contributed by atoms with Crippen LogP contribution < -0.4 is 10.1 Å². The predicted octanol–water partition coefficient (Wildman–Crippen LogP) is 9.44. The number of amides is 2. The predicted molar refractivity (Wildman–Crippen MR) is 260 cm³/mol. The Morgan fingerprint density at radius 3 is 1.83 bits per heavy atom. The van der Waals surface area contributed by atoms with Crippen LogP contribution in [0.2, 0.25) is 0 Å². The van der Waals surface area contributed by atoms with Crippen LogP contribution in [0.4, 0.5) is 15.4 Å². The van der Waals surface area contributed by atoms with E-state index >= 15 is 0 Å². The maximum Gasteiger partial charge on any atom is 0.420 e. The lowest BCUT2D eigenvalue weighted by atomic mass is 9.77. The van der Waals surface area contributed by atoms with Crippen molar-refractivity contribution in [3.63, 3.8) is 0 Å². The Labute approximate surface area is 408 Å². The second-order valence-corrected chi connectivity index (χ2v) is 20.7. The zero-order valence-electron chi connectivity index (χ0n) is 41.9. The number of allylic oxidation sites excluding steroid dienone is 1. The van der Waals surface area contributed by atoms with Crippen molar-refractivity contribution in [1.82, 2.24) is 24.4 Å². The molecule has 2 aliphatic rings. The van der Waals surface area contributed by atoms with Gasteiger partial charge in [0.25, 0.3) is 0 Å². The summed E-state index contributed by atoms with van der Waals surface area (Å²) < 4.78 is 43.9. The van der Waals surface area contributed by atoms with E-state index in [0.717, 1.165) is 16.7 Å². The van der Waals surface area contributed by atoms with Gasteiger partial charge >= 0.3 is 18.2 Å². The van der Waals surface area contributed by atoms with Crippen LogP contribution in [-0.2, 0) is 43.5 Å². The molecule has 4 heterocycles. The van der Waals surface area contributed by atoms with Gasteiger partial charge in [-0.2, -0.15) is 4.90 Å². The lowest BCUT2D eigenvalue weighted by Gasteiger charge is -2.37. The van der Waals surface area contributed by atoms with Gasteiger partial charge in [0.1, 0.15) is 65.1 Å². The number of carbonyl (C=O) groups is 4. The number of aromatic nitrogens is 4. The van der Waals surface area contributed by atoms with Gasteiger partial charge < -0.3 is 38.5 Å². The molecule has 2 saturated heterocycles. The van der Waals surface area contributed by atoms with E-state index in [1.54, 1.807) is 100 Å². The summed E-state index contributed by atoms with van der Waals surface area (Å²) in [6.45, 7) is 18.4. The van der Waals surface area contributed by atoms with E-state index in [2.05, 4.69) is 29.6 Å². The van der Waals surface area contributed by atoms with Crippen LogP contribution in [0.5, 0.6) is 5.75 Å². The number of carbonyl (C=O) groups excluding carboxylic acids is 4. The Bertz CT molecular complexity index is 2620. The topological polar surface area (TPSA) is 192 Å². The average Bonchev–Trinajstić information content (AvgIpc) is 3.96. The molecule has 17 nitrogen and oxygen atoms in total. The molecule has 3 aromatic carbocycles. The number of hydrogen-bond acceptors (Lipinski definition) is 15. The molecule has 0 bridgehead atoms. The van der Waals surface area contributed by atoms with Crippen molar-refractivity contribution >= 4 is 41.4 Å². The summed E-state index contributed by atoms with van der Waals surface area (Å²) in [6, 6.07) is 26.5. The van der Waals surface area contributed by atoms with Gasteiger partial charge in [0.2, 0.25) is 0 Å². The zero-order chi connectivity index (χ0) is 50.8. The molecule has 0 spiro atoms. The maximum atomic E-state index is 14.0. The molecule has 1 unspecified atom stereocenters. The van der Waals surface area contributed by atoms with Crippen molar-refractivity contribution in [2.45, 2.75) is 148 Å². The van der Waals surface area contributed by atoms with Gasteiger partial charge in [0.15, 0.2) is 29.0 Å². The van der Waals surface area contributed by atoms with E-state index in [-0.39, 0.29) is 18.4 Å². The largest absolute Gasteiger partial charge is 0.497 e. The minimum Gasteiger partial charge on any atom is -0.497 e. The van der Waals surface area contributed by atoms with Gasteiger partial charge in [-0.15, -0.1) is 0 Å². The third kappa shape index (κ3) is 11.5. The number of nitrogens with zero attached hydrogens (tertiary/aromatic N) is 5. The van der Waals surface area contributed by atoms with Crippen LogP contribution in [0.1, 0.15) is 112 Å². The molecule has 17 heteroatoms. The van der Waals surface area contributed by atoms with Crippen LogP contribution >= 0.6 is 0 Å². The summed E-state index contributed by atoms with van der Waals surface area (Å²) in [7, 11) is 1.63. The van der Waals surface area contributed by atoms with Crippen molar-refractivity contribution in [3.05, 3.63) is 126 Å². The van der Waals surface area contributed by atoms with Gasteiger partial charge in [0, 0.05) is 0 Å². The van der Waals surface area contributed by atoms with Gasteiger partial charge in [-0.1, -0.05) is 72.8 Å². The SMILES string of the molecule is COc1ccc(C(Nc2ncnc3c2ncn3[C@@H]2O[C@H](/C=C(\C=O)CCC(C(=O)OC(C)(C)C)N(C(=O)OC(C)(C)C)C(=O)OC(C)(C)C)[C@H]3OC(C)(C)O[C@H]32)(c2ccccc2)c2ccccc2)cc1. The molecular weight excluding hydrogens is 897 g/mol. The number of ether oxygens (including phenoxy) is 7. The van der Waals surface area contributed by atoms with E-state index in [1.807, 2.05) is 60.7 Å². The molecule has 372 valence electrons. The number of imide groups is 1. The number of nitrogens with one attached hydrogen (secondary N) is 1. The average molecular weight is 961 g/mol. The highest BCUT2D eigenvalue weighted by atomic mass is 16.8. The number of esters is 1. The van der Waals surface area contributed by atoms with Crippen molar-refractivity contribution in [2.24, 2.45) is 0 Å². The number of fused-ring (bicyclic) bond motifs is 2. The van der Waals surface area contributed by atoms with Crippen LogP contribution in [0.15, 0.2) is 109 Å². The third-order valence-corrected chi connectivity index (χ3v) is 11.3. The number of imidazole rings is 1.